The van der Waals surface area contributed by atoms with E-state index in [1.165, 1.54) is 4.90 Å². The lowest BCUT2D eigenvalue weighted by molar-refractivity contribution is -0.115. The SMILES string of the molecule is O=C(Cc1noc([C@@H]2CCCCN2C(=O)O)n1)Nc1ccccc1. The van der Waals surface area contributed by atoms with Crippen LogP contribution in [0, 0.1) is 0 Å². The number of aromatic nitrogens is 2. The zero-order valence-corrected chi connectivity index (χ0v) is 13.0. The van der Waals surface area contributed by atoms with Gasteiger partial charge in [-0.1, -0.05) is 23.4 Å². The highest BCUT2D eigenvalue weighted by molar-refractivity contribution is 5.91. The van der Waals surface area contributed by atoms with E-state index < -0.39 is 12.1 Å². The first-order valence-electron chi connectivity index (χ1n) is 7.80. The van der Waals surface area contributed by atoms with Crippen LogP contribution in [0.4, 0.5) is 10.5 Å². The molecule has 24 heavy (non-hydrogen) atoms. The molecule has 8 heteroatoms. The third kappa shape index (κ3) is 3.70. The molecule has 0 spiro atoms. The van der Waals surface area contributed by atoms with Gasteiger partial charge in [0.1, 0.15) is 6.04 Å². The van der Waals surface area contributed by atoms with Gasteiger partial charge in [0, 0.05) is 12.2 Å². The fraction of sp³-hybridized carbons (Fsp3) is 0.375. The predicted octanol–water partition coefficient (Wildman–Crippen LogP) is 2.46. The van der Waals surface area contributed by atoms with Crippen LogP contribution >= 0.6 is 0 Å². The van der Waals surface area contributed by atoms with Crippen LogP contribution in [-0.2, 0) is 11.2 Å². The van der Waals surface area contributed by atoms with Gasteiger partial charge in [-0.15, -0.1) is 0 Å². The van der Waals surface area contributed by atoms with Crippen molar-refractivity contribution in [3.8, 4) is 0 Å². The summed E-state index contributed by atoms with van der Waals surface area (Å²) >= 11 is 0. The highest BCUT2D eigenvalue weighted by Gasteiger charge is 2.32. The summed E-state index contributed by atoms with van der Waals surface area (Å²) in [6.45, 7) is 0.451. The van der Waals surface area contributed by atoms with Crippen molar-refractivity contribution in [1.29, 1.82) is 0 Å². The second-order valence-corrected chi connectivity index (χ2v) is 5.63. The molecule has 1 aromatic heterocycles. The van der Waals surface area contributed by atoms with Gasteiger partial charge in [-0.05, 0) is 31.4 Å². The van der Waals surface area contributed by atoms with Crippen molar-refractivity contribution >= 4 is 17.7 Å². The number of carbonyl (C=O) groups is 2. The van der Waals surface area contributed by atoms with Crippen molar-refractivity contribution in [2.24, 2.45) is 0 Å². The Morgan fingerprint density at radius 3 is 2.83 bits per heavy atom. The molecule has 1 saturated heterocycles. The second-order valence-electron chi connectivity index (χ2n) is 5.63. The smallest absolute Gasteiger partial charge is 0.407 e. The van der Waals surface area contributed by atoms with Gasteiger partial charge in [-0.25, -0.2) is 4.79 Å². The predicted molar refractivity (Wildman–Crippen MR) is 84.4 cm³/mol. The maximum atomic E-state index is 12.0. The number of benzene rings is 1. The number of likely N-dealkylation sites (tertiary alicyclic amines) is 1. The number of rotatable bonds is 4. The fourth-order valence-corrected chi connectivity index (χ4v) is 2.76. The maximum absolute atomic E-state index is 12.0. The van der Waals surface area contributed by atoms with Crippen molar-refractivity contribution < 1.29 is 19.2 Å². The van der Waals surface area contributed by atoms with Crippen LogP contribution < -0.4 is 5.32 Å². The molecular weight excluding hydrogens is 312 g/mol. The van der Waals surface area contributed by atoms with Gasteiger partial charge in [0.05, 0.1) is 6.42 Å². The van der Waals surface area contributed by atoms with Crippen LogP contribution in [0.1, 0.15) is 37.0 Å². The Morgan fingerprint density at radius 2 is 2.08 bits per heavy atom. The molecule has 2 heterocycles. The number of amides is 2. The molecule has 3 rings (SSSR count). The molecule has 1 atom stereocenters. The summed E-state index contributed by atoms with van der Waals surface area (Å²) in [5.74, 6) is 0.237. The van der Waals surface area contributed by atoms with E-state index in [0.29, 0.717) is 18.7 Å². The number of hydrogen-bond acceptors (Lipinski definition) is 5. The lowest BCUT2D eigenvalue weighted by Gasteiger charge is -2.30. The summed E-state index contributed by atoms with van der Waals surface area (Å²) in [6.07, 6.45) is 1.34. The average Bonchev–Trinajstić information content (AvgIpc) is 3.04. The normalized spacial score (nSPS) is 17.5. The number of anilines is 1. The minimum atomic E-state index is -0.999. The molecule has 1 aliphatic rings. The Labute approximate surface area is 138 Å². The molecule has 8 nitrogen and oxygen atoms in total. The van der Waals surface area contributed by atoms with Crippen LogP contribution in [0.25, 0.3) is 0 Å². The van der Waals surface area contributed by atoms with Gasteiger partial charge in [0.15, 0.2) is 5.82 Å². The molecule has 126 valence electrons. The Balaban J connectivity index is 1.64. The van der Waals surface area contributed by atoms with E-state index in [-0.39, 0.29) is 24.0 Å². The van der Waals surface area contributed by atoms with E-state index in [9.17, 15) is 14.7 Å². The topological polar surface area (TPSA) is 109 Å². The van der Waals surface area contributed by atoms with Gasteiger partial charge in [-0.3, -0.25) is 9.69 Å². The summed E-state index contributed by atoms with van der Waals surface area (Å²) < 4.78 is 5.19. The number of piperidine rings is 1. The Bertz CT molecular complexity index is 716. The van der Waals surface area contributed by atoms with Crippen molar-refractivity contribution in [3.63, 3.8) is 0 Å². The molecule has 0 saturated carbocycles. The van der Waals surface area contributed by atoms with E-state index in [4.69, 9.17) is 4.52 Å². The van der Waals surface area contributed by atoms with Crippen LogP contribution in [0.2, 0.25) is 0 Å². The highest BCUT2D eigenvalue weighted by atomic mass is 16.5. The first-order chi connectivity index (χ1) is 11.6. The summed E-state index contributed by atoms with van der Waals surface area (Å²) in [5, 5.41) is 15.8. The van der Waals surface area contributed by atoms with Crippen LogP contribution in [0.15, 0.2) is 34.9 Å². The molecule has 0 unspecified atom stereocenters. The molecule has 2 N–H and O–H groups in total. The number of para-hydroxylation sites is 1. The summed E-state index contributed by atoms with van der Waals surface area (Å²) in [4.78, 5) is 28.8. The summed E-state index contributed by atoms with van der Waals surface area (Å²) in [6, 6.07) is 8.64. The van der Waals surface area contributed by atoms with Crippen molar-refractivity contribution in [2.75, 3.05) is 11.9 Å². The molecule has 0 radical (unpaired) electrons. The second kappa shape index (κ2) is 7.12. The lowest BCUT2D eigenvalue weighted by Crippen LogP contribution is -2.37. The molecule has 1 aliphatic heterocycles. The molecule has 1 fully saturated rings. The molecule has 2 aromatic rings. The van der Waals surface area contributed by atoms with Gasteiger partial charge in [0.2, 0.25) is 11.8 Å². The van der Waals surface area contributed by atoms with E-state index in [2.05, 4.69) is 15.5 Å². The average molecular weight is 330 g/mol. The highest BCUT2D eigenvalue weighted by Crippen LogP contribution is 2.29. The van der Waals surface area contributed by atoms with Crippen LogP contribution in [-0.4, -0.2) is 38.7 Å². The molecule has 1 aromatic carbocycles. The van der Waals surface area contributed by atoms with E-state index >= 15 is 0 Å². The zero-order valence-electron chi connectivity index (χ0n) is 13.0. The minimum absolute atomic E-state index is 0.0296. The van der Waals surface area contributed by atoms with Gasteiger partial charge >= 0.3 is 6.09 Å². The molecule has 0 aliphatic carbocycles. The zero-order chi connectivity index (χ0) is 16.9. The number of carboxylic acid groups (broad SMARTS) is 1. The molecule has 0 bridgehead atoms. The number of nitrogens with zero attached hydrogens (tertiary/aromatic N) is 3. The maximum Gasteiger partial charge on any atom is 0.407 e. The number of hydrogen-bond donors (Lipinski definition) is 2. The van der Waals surface area contributed by atoms with E-state index in [1.54, 1.807) is 12.1 Å². The van der Waals surface area contributed by atoms with Crippen molar-refractivity contribution in [2.45, 2.75) is 31.7 Å². The fourth-order valence-electron chi connectivity index (χ4n) is 2.76. The van der Waals surface area contributed by atoms with Crippen LogP contribution in [0.3, 0.4) is 0 Å². The Kier molecular flexibility index (Phi) is 4.74. The van der Waals surface area contributed by atoms with Crippen LogP contribution in [0.5, 0.6) is 0 Å². The first-order valence-corrected chi connectivity index (χ1v) is 7.80. The number of nitrogens with one attached hydrogen (secondary N) is 1. The van der Waals surface area contributed by atoms with Gasteiger partial charge in [0.25, 0.3) is 0 Å². The number of carbonyl (C=O) groups excluding carboxylic acids is 1. The van der Waals surface area contributed by atoms with Crippen molar-refractivity contribution in [3.05, 3.63) is 42.0 Å². The first kappa shape index (κ1) is 16.0. The van der Waals surface area contributed by atoms with E-state index in [0.717, 1.165) is 12.8 Å². The summed E-state index contributed by atoms with van der Waals surface area (Å²) in [7, 11) is 0. The molecule has 2 amide bonds. The summed E-state index contributed by atoms with van der Waals surface area (Å²) in [5.41, 5.74) is 0.690. The Morgan fingerprint density at radius 1 is 1.29 bits per heavy atom. The third-order valence-corrected chi connectivity index (χ3v) is 3.89. The standard InChI is InChI=1S/C16H18N4O4/c21-14(17-11-6-2-1-3-7-11)10-13-18-15(24-19-13)12-8-4-5-9-20(12)16(22)23/h1-3,6-7,12H,4-5,8-10H2,(H,17,21)(H,22,23)/t12-/m0/s1. The van der Waals surface area contributed by atoms with Gasteiger partial charge in [-0.2, -0.15) is 4.98 Å². The lowest BCUT2D eigenvalue weighted by atomic mass is 10.0. The van der Waals surface area contributed by atoms with Crippen molar-refractivity contribution in [1.82, 2.24) is 15.0 Å². The Hall–Kier alpha value is -2.90. The minimum Gasteiger partial charge on any atom is -0.465 e. The quantitative estimate of drug-likeness (QED) is 0.891. The third-order valence-electron chi connectivity index (χ3n) is 3.89. The monoisotopic (exact) mass is 330 g/mol. The largest absolute Gasteiger partial charge is 0.465 e. The molecular formula is C16H18N4O4. The van der Waals surface area contributed by atoms with Gasteiger partial charge < -0.3 is 14.9 Å². The van der Waals surface area contributed by atoms with E-state index in [1.807, 2.05) is 18.2 Å².